The SMILES string of the molecule is CCOc1cccc(CNC(=O)CSCc2c(F)cccc2Cl)c1. The number of carbonyl (C=O) groups is 1. The van der Waals surface area contributed by atoms with Gasteiger partial charge in [0.1, 0.15) is 11.6 Å². The quantitative estimate of drug-likeness (QED) is 0.750. The van der Waals surface area contributed by atoms with Gasteiger partial charge in [0.25, 0.3) is 0 Å². The fraction of sp³-hybridized carbons (Fsp3) is 0.278. The predicted octanol–water partition coefficient (Wildman–Crippen LogP) is 4.43. The standard InChI is InChI=1S/C18H19ClFNO2S/c1-2-23-14-6-3-5-13(9-14)10-21-18(22)12-24-11-15-16(19)7-4-8-17(15)20/h3-9H,2,10-12H2,1H3,(H,21,22). The summed E-state index contributed by atoms with van der Waals surface area (Å²) in [6, 6.07) is 12.2. The summed E-state index contributed by atoms with van der Waals surface area (Å²) in [5.41, 5.74) is 1.40. The van der Waals surface area contributed by atoms with Crippen LogP contribution >= 0.6 is 23.4 Å². The molecule has 3 nitrogen and oxygen atoms in total. The summed E-state index contributed by atoms with van der Waals surface area (Å²) >= 11 is 7.29. The van der Waals surface area contributed by atoms with Crippen LogP contribution in [0.3, 0.4) is 0 Å². The molecule has 0 aliphatic rings. The van der Waals surface area contributed by atoms with Crippen LogP contribution in [0.25, 0.3) is 0 Å². The number of benzene rings is 2. The average Bonchev–Trinajstić information content (AvgIpc) is 2.56. The number of ether oxygens (including phenoxy) is 1. The number of thioether (sulfide) groups is 1. The van der Waals surface area contributed by atoms with E-state index in [9.17, 15) is 9.18 Å². The van der Waals surface area contributed by atoms with E-state index in [0.29, 0.717) is 29.5 Å². The van der Waals surface area contributed by atoms with E-state index in [1.165, 1.54) is 17.8 Å². The van der Waals surface area contributed by atoms with Gasteiger partial charge in [-0.15, -0.1) is 11.8 Å². The van der Waals surface area contributed by atoms with Crippen molar-refractivity contribution in [3.8, 4) is 5.75 Å². The maximum atomic E-state index is 13.6. The van der Waals surface area contributed by atoms with Gasteiger partial charge in [-0.2, -0.15) is 0 Å². The zero-order chi connectivity index (χ0) is 17.4. The molecule has 1 N–H and O–H groups in total. The fourth-order valence-electron chi connectivity index (χ4n) is 2.08. The van der Waals surface area contributed by atoms with Crippen molar-refractivity contribution < 1.29 is 13.9 Å². The Morgan fingerprint density at radius 1 is 1.29 bits per heavy atom. The second-order valence-corrected chi connectivity index (χ2v) is 6.44. The third kappa shape index (κ3) is 5.73. The highest BCUT2D eigenvalue weighted by Crippen LogP contribution is 2.23. The molecular formula is C18H19ClFNO2S. The van der Waals surface area contributed by atoms with Crippen LogP contribution in [0, 0.1) is 5.82 Å². The molecule has 0 spiro atoms. The predicted molar refractivity (Wildman–Crippen MR) is 97.0 cm³/mol. The first kappa shape index (κ1) is 18.6. The van der Waals surface area contributed by atoms with E-state index in [2.05, 4.69) is 5.32 Å². The molecule has 6 heteroatoms. The molecule has 0 atom stereocenters. The average molecular weight is 368 g/mol. The maximum absolute atomic E-state index is 13.6. The van der Waals surface area contributed by atoms with Crippen molar-refractivity contribution >= 4 is 29.3 Å². The molecule has 0 aromatic heterocycles. The van der Waals surface area contributed by atoms with Gasteiger partial charge in [0, 0.05) is 22.9 Å². The molecular weight excluding hydrogens is 349 g/mol. The number of amides is 1. The highest BCUT2D eigenvalue weighted by atomic mass is 35.5. The van der Waals surface area contributed by atoms with Gasteiger partial charge in [-0.25, -0.2) is 4.39 Å². The van der Waals surface area contributed by atoms with Gasteiger partial charge in [0.05, 0.1) is 12.4 Å². The fourth-order valence-corrected chi connectivity index (χ4v) is 3.28. The molecule has 0 fully saturated rings. The van der Waals surface area contributed by atoms with E-state index in [4.69, 9.17) is 16.3 Å². The molecule has 0 saturated heterocycles. The zero-order valence-corrected chi connectivity index (χ0v) is 14.9. The van der Waals surface area contributed by atoms with Gasteiger partial charge in [0.15, 0.2) is 0 Å². The van der Waals surface area contributed by atoms with Crippen LogP contribution in [-0.2, 0) is 17.1 Å². The molecule has 1 amide bonds. The topological polar surface area (TPSA) is 38.3 Å². The molecule has 0 saturated carbocycles. The number of halogens is 2. The summed E-state index contributed by atoms with van der Waals surface area (Å²) < 4.78 is 19.1. The summed E-state index contributed by atoms with van der Waals surface area (Å²) in [5.74, 6) is 0.944. The normalized spacial score (nSPS) is 10.5. The van der Waals surface area contributed by atoms with Gasteiger partial charge in [0.2, 0.25) is 5.91 Å². The Morgan fingerprint density at radius 3 is 2.83 bits per heavy atom. The van der Waals surface area contributed by atoms with Crippen LogP contribution < -0.4 is 10.1 Å². The summed E-state index contributed by atoms with van der Waals surface area (Å²) in [5, 5.41) is 3.23. The number of hydrogen-bond donors (Lipinski definition) is 1. The second kappa shape index (κ2) is 9.55. The number of hydrogen-bond acceptors (Lipinski definition) is 3. The molecule has 0 bridgehead atoms. The molecule has 0 unspecified atom stereocenters. The molecule has 2 aromatic carbocycles. The van der Waals surface area contributed by atoms with Crippen LogP contribution in [0.1, 0.15) is 18.1 Å². The first-order chi connectivity index (χ1) is 11.6. The molecule has 128 valence electrons. The van der Waals surface area contributed by atoms with E-state index in [1.807, 2.05) is 31.2 Å². The van der Waals surface area contributed by atoms with Crippen molar-refractivity contribution in [1.29, 1.82) is 0 Å². The van der Waals surface area contributed by atoms with Gasteiger partial charge in [-0.3, -0.25) is 4.79 Å². The Morgan fingerprint density at radius 2 is 2.08 bits per heavy atom. The van der Waals surface area contributed by atoms with Gasteiger partial charge in [-0.05, 0) is 36.8 Å². The Hall–Kier alpha value is -1.72. The molecule has 2 rings (SSSR count). The molecule has 0 aliphatic heterocycles. The second-order valence-electron chi connectivity index (χ2n) is 5.05. The molecule has 2 aromatic rings. The third-order valence-corrected chi connectivity index (χ3v) is 4.55. The summed E-state index contributed by atoms with van der Waals surface area (Å²) in [6.07, 6.45) is 0. The monoisotopic (exact) mass is 367 g/mol. The lowest BCUT2D eigenvalue weighted by Crippen LogP contribution is -2.24. The van der Waals surface area contributed by atoms with Crippen LogP contribution in [0.5, 0.6) is 5.75 Å². The lowest BCUT2D eigenvalue weighted by Gasteiger charge is -2.08. The minimum absolute atomic E-state index is 0.103. The zero-order valence-electron chi connectivity index (χ0n) is 13.4. The Labute approximate surface area is 150 Å². The smallest absolute Gasteiger partial charge is 0.230 e. The minimum atomic E-state index is -0.344. The lowest BCUT2D eigenvalue weighted by molar-refractivity contribution is -0.118. The first-order valence-corrected chi connectivity index (χ1v) is 9.12. The largest absolute Gasteiger partial charge is 0.494 e. The molecule has 0 heterocycles. The minimum Gasteiger partial charge on any atom is -0.494 e. The van der Waals surface area contributed by atoms with E-state index < -0.39 is 0 Å². The highest BCUT2D eigenvalue weighted by molar-refractivity contribution is 7.99. The van der Waals surface area contributed by atoms with Crippen molar-refractivity contribution in [2.24, 2.45) is 0 Å². The van der Waals surface area contributed by atoms with Crippen molar-refractivity contribution in [1.82, 2.24) is 5.32 Å². The van der Waals surface area contributed by atoms with E-state index >= 15 is 0 Å². The Kier molecular flexibility index (Phi) is 7.40. The third-order valence-electron chi connectivity index (χ3n) is 3.24. The highest BCUT2D eigenvalue weighted by Gasteiger charge is 2.08. The van der Waals surface area contributed by atoms with Gasteiger partial charge >= 0.3 is 0 Å². The van der Waals surface area contributed by atoms with Crippen molar-refractivity contribution in [2.75, 3.05) is 12.4 Å². The first-order valence-electron chi connectivity index (χ1n) is 7.59. The van der Waals surface area contributed by atoms with Crippen molar-refractivity contribution in [3.05, 3.63) is 64.4 Å². The van der Waals surface area contributed by atoms with Crippen LogP contribution in [-0.4, -0.2) is 18.3 Å². The Bertz CT molecular complexity index is 676. The van der Waals surface area contributed by atoms with Crippen molar-refractivity contribution in [3.63, 3.8) is 0 Å². The van der Waals surface area contributed by atoms with Crippen LogP contribution in [0.15, 0.2) is 42.5 Å². The van der Waals surface area contributed by atoms with E-state index in [-0.39, 0.29) is 17.5 Å². The molecule has 0 radical (unpaired) electrons. The molecule has 0 aliphatic carbocycles. The van der Waals surface area contributed by atoms with Crippen LogP contribution in [0.4, 0.5) is 4.39 Å². The van der Waals surface area contributed by atoms with Crippen molar-refractivity contribution in [2.45, 2.75) is 19.2 Å². The Balaban J connectivity index is 1.76. The van der Waals surface area contributed by atoms with E-state index in [1.54, 1.807) is 12.1 Å². The summed E-state index contributed by atoms with van der Waals surface area (Å²) in [6.45, 7) is 2.96. The summed E-state index contributed by atoms with van der Waals surface area (Å²) in [4.78, 5) is 11.9. The lowest BCUT2D eigenvalue weighted by atomic mass is 10.2. The maximum Gasteiger partial charge on any atom is 0.230 e. The van der Waals surface area contributed by atoms with Gasteiger partial charge in [-0.1, -0.05) is 29.8 Å². The van der Waals surface area contributed by atoms with Crippen LogP contribution in [0.2, 0.25) is 5.02 Å². The summed E-state index contributed by atoms with van der Waals surface area (Å²) in [7, 11) is 0. The number of carbonyl (C=O) groups excluding carboxylic acids is 1. The molecule has 24 heavy (non-hydrogen) atoms. The number of rotatable bonds is 8. The van der Waals surface area contributed by atoms with E-state index in [0.717, 1.165) is 11.3 Å². The van der Waals surface area contributed by atoms with Gasteiger partial charge < -0.3 is 10.1 Å². The number of nitrogens with one attached hydrogen (secondary N) is 1.